The van der Waals surface area contributed by atoms with Crippen molar-refractivity contribution in [3.63, 3.8) is 0 Å². The third-order valence-corrected chi connectivity index (χ3v) is 10.8. The lowest BCUT2D eigenvalue weighted by molar-refractivity contribution is 0.244. The van der Waals surface area contributed by atoms with Gasteiger partial charge in [0.25, 0.3) is 0 Å². The molecule has 5 heteroatoms. The average Bonchev–Trinajstić information content (AvgIpc) is 2.78. The highest BCUT2D eigenvalue weighted by atomic mass is 79.9. The molecule has 0 radical (unpaired) electrons. The van der Waals surface area contributed by atoms with Crippen LogP contribution in [-0.4, -0.2) is 21.5 Å². The fourth-order valence-electron chi connectivity index (χ4n) is 1.81. The zero-order valence-electron chi connectivity index (χ0n) is 15.1. The minimum Gasteiger partial charge on any atom is -0.415 e. The maximum atomic E-state index is 6.45. The van der Waals surface area contributed by atoms with Crippen LogP contribution in [0.3, 0.4) is 0 Å². The maximum absolute atomic E-state index is 6.45. The number of hydrogen-bond acceptors (Lipinski definition) is 3. The molecule has 0 amide bonds. The Morgan fingerprint density at radius 2 is 1.95 bits per heavy atom. The topological polar surface area (TPSA) is 21.3 Å². The van der Waals surface area contributed by atoms with Gasteiger partial charge in [-0.3, -0.25) is 0 Å². The lowest BCUT2D eigenvalue weighted by Crippen LogP contribution is -2.43. The highest BCUT2D eigenvalue weighted by Gasteiger charge is 2.37. The second kappa shape index (κ2) is 8.43. The first-order valence-electron chi connectivity index (χ1n) is 8.14. The van der Waals surface area contributed by atoms with Crippen molar-refractivity contribution in [2.45, 2.75) is 65.2 Å². The lowest BCUT2D eigenvalue weighted by Gasteiger charge is -2.37. The van der Waals surface area contributed by atoms with E-state index in [1.54, 1.807) is 11.3 Å². The van der Waals surface area contributed by atoms with Crippen LogP contribution in [0.5, 0.6) is 0 Å². The van der Waals surface area contributed by atoms with Crippen LogP contribution >= 0.6 is 27.3 Å². The number of thiophene rings is 1. The molecule has 1 heterocycles. The third kappa shape index (κ3) is 6.44. The molecule has 0 unspecified atom stereocenters. The molecule has 22 heavy (non-hydrogen) atoms. The molecule has 0 aromatic carbocycles. The SMILES string of the molecule is CC(C)CCN[C@H](CO[Si](C)(C)C(C)(C)C)c1cc(Br)cs1. The maximum Gasteiger partial charge on any atom is 0.192 e. The molecule has 1 rings (SSSR count). The molecule has 0 spiro atoms. The first-order valence-corrected chi connectivity index (χ1v) is 12.7. The molecule has 0 saturated heterocycles. The highest BCUT2D eigenvalue weighted by molar-refractivity contribution is 9.10. The van der Waals surface area contributed by atoms with Crippen molar-refractivity contribution in [3.05, 3.63) is 20.8 Å². The van der Waals surface area contributed by atoms with Crippen LogP contribution < -0.4 is 5.32 Å². The molecule has 0 saturated carbocycles. The molecule has 0 bridgehead atoms. The van der Waals surface area contributed by atoms with Crippen molar-refractivity contribution in [1.82, 2.24) is 5.32 Å². The van der Waals surface area contributed by atoms with Gasteiger partial charge < -0.3 is 9.74 Å². The largest absolute Gasteiger partial charge is 0.415 e. The molecule has 0 aliphatic rings. The molecule has 0 aliphatic heterocycles. The Morgan fingerprint density at radius 3 is 2.41 bits per heavy atom. The van der Waals surface area contributed by atoms with Crippen molar-refractivity contribution in [1.29, 1.82) is 0 Å². The van der Waals surface area contributed by atoms with E-state index in [9.17, 15) is 0 Å². The van der Waals surface area contributed by atoms with Crippen molar-refractivity contribution < 1.29 is 4.43 Å². The summed E-state index contributed by atoms with van der Waals surface area (Å²) in [5, 5.41) is 6.10. The van der Waals surface area contributed by atoms with E-state index in [1.807, 2.05) is 0 Å². The van der Waals surface area contributed by atoms with Gasteiger partial charge in [0.15, 0.2) is 8.32 Å². The van der Waals surface area contributed by atoms with E-state index in [4.69, 9.17) is 4.43 Å². The van der Waals surface area contributed by atoms with Crippen LogP contribution in [0.25, 0.3) is 0 Å². The van der Waals surface area contributed by atoms with E-state index in [2.05, 4.69) is 80.4 Å². The van der Waals surface area contributed by atoms with Crippen LogP contribution in [0.2, 0.25) is 18.1 Å². The minimum atomic E-state index is -1.70. The standard InChI is InChI=1S/C17H32BrNOSSi/c1-13(2)8-9-19-15(16-10-14(18)12-21-16)11-20-22(6,7)17(3,4)5/h10,12-13,15,19H,8-9,11H2,1-7H3/t15-/m1/s1. The van der Waals surface area contributed by atoms with Gasteiger partial charge in [0.2, 0.25) is 0 Å². The molecule has 1 N–H and O–H groups in total. The first kappa shape index (κ1) is 20.4. The van der Waals surface area contributed by atoms with E-state index < -0.39 is 8.32 Å². The van der Waals surface area contributed by atoms with Gasteiger partial charge in [0.05, 0.1) is 12.6 Å². The van der Waals surface area contributed by atoms with Gasteiger partial charge in [-0.15, -0.1) is 11.3 Å². The zero-order valence-corrected chi connectivity index (χ0v) is 18.5. The predicted octanol–water partition coefficient (Wildman–Crippen LogP) is 6.21. The van der Waals surface area contributed by atoms with Crippen LogP contribution in [0, 0.1) is 5.92 Å². The molecule has 1 aromatic rings. The molecule has 1 atom stereocenters. The molecule has 0 fully saturated rings. The predicted molar refractivity (Wildman–Crippen MR) is 105 cm³/mol. The second-order valence-electron chi connectivity index (χ2n) is 7.93. The number of halogens is 1. The molecule has 2 nitrogen and oxygen atoms in total. The van der Waals surface area contributed by atoms with Crippen molar-refractivity contribution >= 4 is 35.6 Å². The second-order valence-corrected chi connectivity index (χ2v) is 14.6. The first-order chi connectivity index (χ1) is 10.0. The highest BCUT2D eigenvalue weighted by Crippen LogP contribution is 2.37. The molecule has 0 aliphatic carbocycles. The van der Waals surface area contributed by atoms with Crippen molar-refractivity contribution in [2.24, 2.45) is 5.92 Å². The summed E-state index contributed by atoms with van der Waals surface area (Å²) in [7, 11) is -1.70. The Balaban J connectivity index is 2.70. The molecular formula is C17H32BrNOSSi. The van der Waals surface area contributed by atoms with E-state index in [1.165, 1.54) is 11.3 Å². The van der Waals surface area contributed by atoms with Crippen LogP contribution in [0.4, 0.5) is 0 Å². The Hall–Kier alpha value is 0.317. The van der Waals surface area contributed by atoms with Gasteiger partial charge in [0.1, 0.15) is 0 Å². The zero-order chi connectivity index (χ0) is 17.0. The summed E-state index contributed by atoms with van der Waals surface area (Å²) in [6.45, 7) is 17.9. The third-order valence-electron chi connectivity index (χ3n) is 4.46. The smallest absolute Gasteiger partial charge is 0.192 e. The van der Waals surface area contributed by atoms with Gasteiger partial charge in [-0.2, -0.15) is 0 Å². The molecule has 128 valence electrons. The van der Waals surface area contributed by atoms with Crippen molar-refractivity contribution in [2.75, 3.05) is 13.2 Å². The van der Waals surface area contributed by atoms with Gasteiger partial charge in [0, 0.05) is 14.7 Å². The Kier molecular flexibility index (Phi) is 7.80. The summed E-state index contributed by atoms with van der Waals surface area (Å²) < 4.78 is 7.61. The van der Waals surface area contributed by atoms with Crippen molar-refractivity contribution in [3.8, 4) is 0 Å². The number of hydrogen-bond donors (Lipinski definition) is 1. The van der Waals surface area contributed by atoms with Gasteiger partial charge >= 0.3 is 0 Å². The Morgan fingerprint density at radius 1 is 1.32 bits per heavy atom. The summed E-state index contributed by atoms with van der Waals surface area (Å²) in [4.78, 5) is 1.36. The van der Waals surface area contributed by atoms with Gasteiger partial charge in [-0.05, 0) is 59.0 Å². The van der Waals surface area contributed by atoms with E-state index >= 15 is 0 Å². The minimum absolute atomic E-state index is 0.255. The van der Waals surface area contributed by atoms with E-state index in [0.717, 1.165) is 23.5 Å². The Labute approximate surface area is 150 Å². The van der Waals surface area contributed by atoms with Crippen LogP contribution in [0.1, 0.15) is 52.0 Å². The normalized spacial score (nSPS) is 14.6. The van der Waals surface area contributed by atoms with E-state index in [0.29, 0.717) is 6.04 Å². The summed E-state index contributed by atoms with van der Waals surface area (Å²) in [5.74, 6) is 0.726. The van der Waals surface area contributed by atoms with Crippen LogP contribution in [-0.2, 0) is 4.43 Å². The number of rotatable bonds is 8. The summed E-state index contributed by atoms with van der Waals surface area (Å²) >= 11 is 5.37. The van der Waals surface area contributed by atoms with Gasteiger partial charge in [-0.25, -0.2) is 0 Å². The molecular weight excluding hydrogens is 374 g/mol. The fourth-order valence-corrected chi connectivity index (χ4v) is 4.33. The lowest BCUT2D eigenvalue weighted by atomic mass is 10.1. The monoisotopic (exact) mass is 405 g/mol. The number of nitrogens with one attached hydrogen (secondary N) is 1. The molecule has 1 aromatic heterocycles. The Bertz CT molecular complexity index is 454. The summed E-state index contributed by atoms with van der Waals surface area (Å²) in [6.07, 6.45) is 1.20. The summed E-state index contributed by atoms with van der Waals surface area (Å²) in [6, 6.07) is 2.51. The van der Waals surface area contributed by atoms with Crippen LogP contribution in [0.15, 0.2) is 15.9 Å². The summed E-state index contributed by atoms with van der Waals surface area (Å²) in [5.41, 5.74) is 0. The fraction of sp³-hybridized carbons (Fsp3) is 0.765. The quantitative estimate of drug-likeness (QED) is 0.518. The van der Waals surface area contributed by atoms with E-state index in [-0.39, 0.29) is 5.04 Å². The average molecular weight is 407 g/mol. The van der Waals surface area contributed by atoms with Gasteiger partial charge in [-0.1, -0.05) is 34.6 Å².